The summed E-state index contributed by atoms with van der Waals surface area (Å²) in [5, 5.41) is 15.3. The fraction of sp³-hybridized carbons (Fsp3) is 0. The molecular weight excluding hydrogens is 460 g/mol. The number of fused-ring (bicyclic) bond motifs is 2. The lowest BCUT2D eigenvalue weighted by Gasteiger charge is -2.11. The predicted octanol–water partition coefficient (Wildman–Crippen LogP) is 6.33. The van der Waals surface area contributed by atoms with E-state index in [1.165, 1.54) is 0 Å². The molecule has 0 aliphatic heterocycles. The van der Waals surface area contributed by atoms with Gasteiger partial charge in [-0.05, 0) is 69.1 Å². The summed E-state index contributed by atoms with van der Waals surface area (Å²) in [6.45, 7) is 8.62. The second-order valence-electron chi connectivity index (χ2n) is 8.02. The molecule has 0 amide bonds. The average Bonchev–Trinajstić information content (AvgIpc) is 3.57. The van der Waals surface area contributed by atoms with Crippen molar-refractivity contribution in [1.82, 2.24) is 30.6 Å². The maximum atomic E-state index is 6.15. The highest BCUT2D eigenvalue weighted by atomic mass is 35.5. The van der Waals surface area contributed by atoms with Gasteiger partial charge in [0.05, 0.1) is 11.2 Å². The van der Waals surface area contributed by atoms with Gasteiger partial charge in [0.1, 0.15) is 5.52 Å². The number of rotatable bonds is 5. The molecule has 1 N–H and O–H groups in total. The highest BCUT2D eigenvalue weighted by Crippen LogP contribution is 2.30. The number of hydrogen-bond donors (Lipinski definition) is 1. The number of aromatic nitrogens is 6. The van der Waals surface area contributed by atoms with Crippen molar-refractivity contribution >= 4 is 44.7 Å². The predicted molar refractivity (Wildman–Crippen MR) is 137 cm³/mol. The summed E-state index contributed by atoms with van der Waals surface area (Å²) in [6.07, 6.45) is 0. The number of hydrogen-bond acceptors (Lipinski definition) is 6. The largest absolute Gasteiger partial charge is 0.434 e. The van der Waals surface area contributed by atoms with Crippen molar-refractivity contribution in [3.05, 3.63) is 113 Å². The van der Waals surface area contributed by atoms with Gasteiger partial charge in [-0.1, -0.05) is 61.2 Å². The Morgan fingerprint density at radius 3 is 2.43 bits per heavy atom. The molecule has 8 heteroatoms. The van der Waals surface area contributed by atoms with Gasteiger partial charge in [-0.2, -0.15) is 0 Å². The smallest absolute Gasteiger partial charge is 0.267 e. The molecule has 0 radical (unpaired) electrons. The van der Waals surface area contributed by atoms with Crippen LogP contribution in [0.2, 0.25) is 5.02 Å². The fourth-order valence-electron chi connectivity index (χ4n) is 3.93. The number of pyridine rings is 1. The number of nitrogens with one attached hydrogen (secondary N) is 1. The summed E-state index contributed by atoms with van der Waals surface area (Å²) in [5.74, 6) is 0.701. The number of benzene rings is 3. The zero-order valence-corrected chi connectivity index (χ0v) is 19.1. The van der Waals surface area contributed by atoms with Gasteiger partial charge in [0.15, 0.2) is 5.58 Å². The lowest BCUT2D eigenvalue weighted by atomic mass is 9.95. The van der Waals surface area contributed by atoms with E-state index in [4.69, 9.17) is 21.0 Å². The Bertz CT molecular complexity index is 1750. The van der Waals surface area contributed by atoms with Gasteiger partial charge < -0.3 is 4.42 Å². The molecule has 0 fully saturated rings. The molecule has 3 aromatic carbocycles. The molecule has 3 aromatic heterocycles. The molecule has 0 bridgehead atoms. The first-order valence-electron chi connectivity index (χ1n) is 10.8. The fourth-order valence-corrected chi connectivity index (χ4v) is 4.10. The van der Waals surface area contributed by atoms with Gasteiger partial charge in [-0.3, -0.25) is 0 Å². The van der Waals surface area contributed by atoms with Crippen LogP contribution in [0.15, 0.2) is 90.4 Å². The van der Waals surface area contributed by atoms with Crippen LogP contribution in [-0.2, 0) is 0 Å². The van der Waals surface area contributed by atoms with Crippen molar-refractivity contribution in [2.24, 2.45) is 0 Å². The van der Waals surface area contributed by atoms with E-state index < -0.39 is 0 Å². The molecule has 7 nitrogen and oxygen atoms in total. The van der Waals surface area contributed by atoms with E-state index in [1.54, 1.807) is 0 Å². The first-order chi connectivity index (χ1) is 17.0. The van der Waals surface area contributed by atoms with E-state index in [0.717, 1.165) is 44.4 Å². The summed E-state index contributed by atoms with van der Waals surface area (Å²) in [5.41, 5.74) is 7.47. The molecule has 6 rings (SSSR count). The molecule has 0 unspecified atom stereocenters. The maximum Gasteiger partial charge on any atom is 0.267 e. The molecule has 3 heterocycles. The van der Waals surface area contributed by atoms with Gasteiger partial charge in [0.25, 0.3) is 5.89 Å². The van der Waals surface area contributed by atoms with Crippen LogP contribution in [0.25, 0.3) is 44.9 Å². The van der Waals surface area contributed by atoms with Crippen LogP contribution in [0, 0.1) is 0 Å². The Kier molecular flexibility index (Phi) is 4.97. The normalized spacial score (nSPS) is 11.2. The Morgan fingerprint density at radius 2 is 1.60 bits per heavy atom. The minimum Gasteiger partial charge on any atom is -0.434 e. The minimum absolute atomic E-state index is 0.329. The van der Waals surface area contributed by atoms with Crippen molar-refractivity contribution in [3.63, 3.8) is 0 Å². The standard InChI is InChI=1S/C27H17ClN6O/c1-15(20-8-11-25-24(13-20)30-27(35-25)26-31-33-34-32-26)18-4-3-5-19(12-18)16(2)22-10-7-17-6-9-21(28)14-23(17)29-22/h3-14H,1-2H2,(H,31,32,33,34). The number of H-pyrrole nitrogens is 1. The number of aromatic amines is 1. The van der Waals surface area contributed by atoms with E-state index >= 15 is 0 Å². The molecule has 0 spiro atoms. The van der Waals surface area contributed by atoms with E-state index in [9.17, 15) is 0 Å². The van der Waals surface area contributed by atoms with Crippen LogP contribution in [0.1, 0.15) is 22.4 Å². The molecule has 6 aromatic rings. The van der Waals surface area contributed by atoms with E-state index in [2.05, 4.69) is 44.8 Å². The topological polar surface area (TPSA) is 93.4 Å². The molecule has 35 heavy (non-hydrogen) atoms. The van der Waals surface area contributed by atoms with Crippen molar-refractivity contribution in [2.45, 2.75) is 0 Å². The SMILES string of the molecule is C=C(c1cccc(C(=C)c2ccc3ccc(Cl)cc3n2)c1)c1ccc2oc(-c3nnn[nH]3)nc2c1. The molecule has 0 saturated heterocycles. The molecule has 168 valence electrons. The summed E-state index contributed by atoms with van der Waals surface area (Å²) >= 11 is 6.15. The van der Waals surface area contributed by atoms with Crippen LogP contribution in [-0.4, -0.2) is 30.6 Å². The van der Waals surface area contributed by atoms with Crippen molar-refractivity contribution in [2.75, 3.05) is 0 Å². The van der Waals surface area contributed by atoms with Gasteiger partial charge >= 0.3 is 0 Å². The summed E-state index contributed by atoms with van der Waals surface area (Å²) in [6, 6.07) is 23.5. The van der Waals surface area contributed by atoms with Crippen molar-refractivity contribution in [1.29, 1.82) is 0 Å². The Balaban J connectivity index is 1.31. The number of nitrogens with zero attached hydrogens (tertiary/aromatic N) is 5. The van der Waals surface area contributed by atoms with Crippen LogP contribution in [0.5, 0.6) is 0 Å². The molecule has 0 aliphatic carbocycles. The van der Waals surface area contributed by atoms with Gasteiger partial charge in [0.2, 0.25) is 5.82 Å². The quantitative estimate of drug-likeness (QED) is 0.312. The first-order valence-corrected chi connectivity index (χ1v) is 11.1. The van der Waals surface area contributed by atoms with Crippen LogP contribution in [0.3, 0.4) is 0 Å². The van der Waals surface area contributed by atoms with Crippen LogP contribution in [0.4, 0.5) is 0 Å². The second-order valence-corrected chi connectivity index (χ2v) is 8.46. The molecular formula is C27H17ClN6O. The van der Waals surface area contributed by atoms with E-state index in [-0.39, 0.29) is 0 Å². The highest BCUT2D eigenvalue weighted by molar-refractivity contribution is 6.31. The Morgan fingerprint density at radius 1 is 0.800 bits per heavy atom. The maximum absolute atomic E-state index is 6.15. The number of oxazole rings is 1. The lowest BCUT2D eigenvalue weighted by Crippen LogP contribution is -1.93. The Labute approximate surface area is 204 Å². The number of tetrazole rings is 1. The van der Waals surface area contributed by atoms with Crippen molar-refractivity contribution < 1.29 is 4.42 Å². The molecule has 0 saturated carbocycles. The third-order valence-electron chi connectivity index (χ3n) is 5.81. The lowest BCUT2D eigenvalue weighted by molar-refractivity contribution is 0.613. The summed E-state index contributed by atoms with van der Waals surface area (Å²) < 4.78 is 5.75. The van der Waals surface area contributed by atoms with E-state index in [1.807, 2.05) is 66.7 Å². The third kappa shape index (κ3) is 3.88. The van der Waals surface area contributed by atoms with Gasteiger partial charge in [-0.15, -0.1) is 5.10 Å². The minimum atomic E-state index is 0.329. The summed E-state index contributed by atoms with van der Waals surface area (Å²) in [4.78, 5) is 9.26. The average molecular weight is 477 g/mol. The zero-order chi connectivity index (χ0) is 23.9. The van der Waals surface area contributed by atoms with Gasteiger partial charge in [-0.25, -0.2) is 15.1 Å². The third-order valence-corrected chi connectivity index (χ3v) is 6.04. The van der Waals surface area contributed by atoms with E-state index in [0.29, 0.717) is 27.8 Å². The first kappa shape index (κ1) is 20.9. The van der Waals surface area contributed by atoms with Gasteiger partial charge in [0, 0.05) is 16.0 Å². The highest BCUT2D eigenvalue weighted by Gasteiger charge is 2.14. The van der Waals surface area contributed by atoms with Crippen LogP contribution < -0.4 is 0 Å². The monoisotopic (exact) mass is 476 g/mol. The van der Waals surface area contributed by atoms with Crippen molar-refractivity contribution in [3.8, 4) is 11.7 Å². The second kappa shape index (κ2) is 8.30. The number of halogens is 1. The summed E-state index contributed by atoms with van der Waals surface area (Å²) in [7, 11) is 0. The molecule has 0 atom stereocenters. The molecule has 0 aliphatic rings. The Hall–Kier alpha value is -4.62. The van der Waals surface area contributed by atoms with Crippen LogP contribution >= 0.6 is 11.6 Å². The zero-order valence-electron chi connectivity index (χ0n) is 18.4.